The summed E-state index contributed by atoms with van der Waals surface area (Å²) in [6.07, 6.45) is 0.542. The lowest BCUT2D eigenvalue weighted by Crippen LogP contribution is -2.31. The van der Waals surface area contributed by atoms with Crippen LogP contribution in [0, 0.1) is 5.95 Å². The number of hydrogen-bond acceptors (Lipinski definition) is 5. The second-order valence-corrected chi connectivity index (χ2v) is 5.17. The Morgan fingerprint density at radius 3 is 3.15 bits per heavy atom. The number of ether oxygens (including phenoxy) is 1. The third-order valence-electron chi connectivity index (χ3n) is 3.06. The summed E-state index contributed by atoms with van der Waals surface area (Å²) in [5.41, 5.74) is 2.09. The Morgan fingerprint density at radius 2 is 2.40 bits per heavy atom. The van der Waals surface area contributed by atoms with Gasteiger partial charge >= 0.3 is 0 Å². The lowest BCUT2D eigenvalue weighted by atomic mass is 10.3. The number of halogens is 1. The minimum absolute atomic E-state index is 0.0930. The van der Waals surface area contributed by atoms with Crippen LogP contribution in [0.15, 0.2) is 29.1 Å². The number of aromatic nitrogens is 2. The fourth-order valence-corrected chi connectivity index (χ4v) is 2.64. The van der Waals surface area contributed by atoms with Gasteiger partial charge in [-0.05, 0) is 6.07 Å². The fraction of sp³-hybridized carbons (Fsp3) is 0.308. The largest absolute Gasteiger partial charge is 0.472 e. The second-order valence-electron chi connectivity index (χ2n) is 4.45. The van der Waals surface area contributed by atoms with Gasteiger partial charge < -0.3 is 9.64 Å². The van der Waals surface area contributed by atoms with Crippen molar-refractivity contribution < 1.29 is 13.9 Å². The molecule has 1 atom stereocenters. The molecule has 7 heteroatoms. The highest BCUT2D eigenvalue weighted by atomic mass is 32.1. The van der Waals surface area contributed by atoms with Crippen LogP contribution >= 0.6 is 11.3 Å². The summed E-state index contributed by atoms with van der Waals surface area (Å²) >= 11 is 1.39. The molecule has 0 N–H and O–H groups in total. The lowest BCUT2D eigenvalue weighted by molar-refractivity contribution is 0.0766. The van der Waals surface area contributed by atoms with Crippen LogP contribution in [0.2, 0.25) is 0 Å². The third kappa shape index (κ3) is 2.77. The van der Waals surface area contributed by atoms with E-state index in [-0.39, 0.29) is 17.9 Å². The van der Waals surface area contributed by atoms with Crippen LogP contribution in [0.25, 0.3) is 0 Å². The Labute approximate surface area is 119 Å². The molecule has 1 aliphatic heterocycles. The van der Waals surface area contributed by atoms with E-state index >= 15 is 0 Å². The number of carbonyl (C=O) groups is 1. The van der Waals surface area contributed by atoms with Gasteiger partial charge in [0, 0.05) is 24.4 Å². The van der Waals surface area contributed by atoms with Crippen molar-refractivity contribution in [2.24, 2.45) is 0 Å². The summed E-state index contributed by atoms with van der Waals surface area (Å²) in [6.45, 7) is 1.07. The molecular weight excluding hydrogens is 281 g/mol. The second kappa shape index (κ2) is 5.54. The monoisotopic (exact) mass is 293 g/mol. The van der Waals surface area contributed by atoms with Crippen LogP contribution < -0.4 is 4.74 Å². The van der Waals surface area contributed by atoms with Crippen LogP contribution in [0.4, 0.5) is 4.39 Å². The summed E-state index contributed by atoms with van der Waals surface area (Å²) in [4.78, 5) is 21.5. The first-order chi connectivity index (χ1) is 9.72. The molecule has 104 valence electrons. The molecule has 0 spiro atoms. The number of carbonyl (C=O) groups excluding carboxylic acids is 1. The zero-order chi connectivity index (χ0) is 13.9. The molecule has 2 aromatic heterocycles. The maximum absolute atomic E-state index is 13.0. The Morgan fingerprint density at radius 1 is 1.50 bits per heavy atom. The Bertz CT molecular complexity index is 605. The zero-order valence-electron chi connectivity index (χ0n) is 10.5. The molecule has 5 nitrogen and oxygen atoms in total. The van der Waals surface area contributed by atoms with E-state index in [0.29, 0.717) is 25.2 Å². The summed E-state index contributed by atoms with van der Waals surface area (Å²) < 4.78 is 18.6. The van der Waals surface area contributed by atoms with Crippen molar-refractivity contribution in [2.45, 2.75) is 12.5 Å². The predicted molar refractivity (Wildman–Crippen MR) is 71.2 cm³/mol. The van der Waals surface area contributed by atoms with Crippen LogP contribution in [0.5, 0.6) is 5.88 Å². The standard InChI is InChI=1S/C13H12FN3O2S/c14-11-2-1-3-12(16-11)19-9-4-5-17(6-9)13(18)10-7-20-8-15-10/h1-3,7-9H,4-6H2. The summed E-state index contributed by atoms with van der Waals surface area (Å²) in [5.74, 6) is -0.418. The number of pyridine rings is 1. The van der Waals surface area contributed by atoms with Crippen LogP contribution in [0.3, 0.4) is 0 Å². The topological polar surface area (TPSA) is 55.3 Å². The van der Waals surface area contributed by atoms with E-state index in [1.54, 1.807) is 27.9 Å². The van der Waals surface area contributed by atoms with E-state index in [9.17, 15) is 9.18 Å². The van der Waals surface area contributed by atoms with Crippen molar-refractivity contribution >= 4 is 17.2 Å². The van der Waals surface area contributed by atoms with Crippen LogP contribution in [0.1, 0.15) is 16.9 Å². The smallest absolute Gasteiger partial charge is 0.273 e. The lowest BCUT2D eigenvalue weighted by Gasteiger charge is -2.15. The minimum atomic E-state index is -0.573. The SMILES string of the molecule is O=C(c1cscn1)N1CCC(Oc2cccc(F)n2)C1. The molecule has 0 saturated carbocycles. The van der Waals surface area contributed by atoms with Crippen LogP contribution in [-0.4, -0.2) is 40.0 Å². The van der Waals surface area contributed by atoms with Gasteiger partial charge in [0.05, 0.1) is 12.1 Å². The van der Waals surface area contributed by atoms with Gasteiger partial charge in [-0.1, -0.05) is 6.07 Å². The number of rotatable bonds is 3. The third-order valence-corrected chi connectivity index (χ3v) is 3.65. The van der Waals surface area contributed by atoms with Crippen molar-refractivity contribution in [1.82, 2.24) is 14.9 Å². The summed E-state index contributed by atoms with van der Waals surface area (Å²) in [5, 5.41) is 1.73. The highest BCUT2D eigenvalue weighted by Crippen LogP contribution is 2.18. The summed E-state index contributed by atoms with van der Waals surface area (Å²) in [6, 6.07) is 4.42. The van der Waals surface area contributed by atoms with E-state index in [2.05, 4.69) is 9.97 Å². The molecule has 3 heterocycles. The van der Waals surface area contributed by atoms with Gasteiger partial charge in [0.25, 0.3) is 5.91 Å². The van der Waals surface area contributed by atoms with E-state index in [4.69, 9.17) is 4.74 Å². The molecule has 0 aromatic carbocycles. The Kier molecular flexibility index (Phi) is 3.60. The highest BCUT2D eigenvalue weighted by Gasteiger charge is 2.29. The normalized spacial score (nSPS) is 18.2. The first kappa shape index (κ1) is 13.0. The van der Waals surface area contributed by atoms with Crippen molar-refractivity contribution in [1.29, 1.82) is 0 Å². The van der Waals surface area contributed by atoms with Gasteiger partial charge in [-0.15, -0.1) is 11.3 Å². The number of thiazole rings is 1. The molecule has 0 aliphatic carbocycles. The van der Waals surface area contributed by atoms with Crippen molar-refractivity contribution in [3.8, 4) is 5.88 Å². The first-order valence-corrected chi connectivity index (χ1v) is 7.13. The molecule has 2 aromatic rings. The number of nitrogens with zero attached hydrogens (tertiary/aromatic N) is 3. The van der Waals surface area contributed by atoms with E-state index in [0.717, 1.165) is 0 Å². The molecule has 3 rings (SSSR count). The molecule has 1 fully saturated rings. The average Bonchev–Trinajstić information content (AvgIpc) is 3.09. The quantitative estimate of drug-likeness (QED) is 0.812. The van der Waals surface area contributed by atoms with Gasteiger partial charge in [0.1, 0.15) is 11.8 Å². The predicted octanol–water partition coefficient (Wildman–Crippen LogP) is 1.97. The van der Waals surface area contributed by atoms with Gasteiger partial charge in [-0.2, -0.15) is 9.37 Å². The maximum atomic E-state index is 13.0. The van der Waals surface area contributed by atoms with Gasteiger partial charge in [-0.3, -0.25) is 4.79 Å². The van der Waals surface area contributed by atoms with Gasteiger partial charge in [0.15, 0.2) is 0 Å². The van der Waals surface area contributed by atoms with E-state index in [1.807, 2.05) is 0 Å². The molecule has 20 heavy (non-hydrogen) atoms. The van der Waals surface area contributed by atoms with E-state index in [1.165, 1.54) is 17.4 Å². The fourth-order valence-electron chi connectivity index (χ4n) is 2.12. The molecule has 1 unspecified atom stereocenters. The molecule has 0 radical (unpaired) electrons. The molecule has 1 saturated heterocycles. The number of likely N-dealkylation sites (tertiary alicyclic amines) is 1. The van der Waals surface area contributed by atoms with Crippen molar-refractivity contribution in [3.05, 3.63) is 40.7 Å². The molecular formula is C13H12FN3O2S. The minimum Gasteiger partial charge on any atom is -0.472 e. The summed E-state index contributed by atoms with van der Waals surface area (Å²) in [7, 11) is 0. The van der Waals surface area contributed by atoms with Crippen molar-refractivity contribution in [3.63, 3.8) is 0 Å². The Balaban J connectivity index is 1.61. The van der Waals surface area contributed by atoms with Gasteiger partial charge in [-0.25, -0.2) is 4.98 Å². The molecule has 1 aliphatic rings. The first-order valence-electron chi connectivity index (χ1n) is 6.19. The van der Waals surface area contributed by atoms with Crippen molar-refractivity contribution in [2.75, 3.05) is 13.1 Å². The Hall–Kier alpha value is -2.02. The highest BCUT2D eigenvalue weighted by molar-refractivity contribution is 7.07. The average molecular weight is 293 g/mol. The van der Waals surface area contributed by atoms with E-state index < -0.39 is 5.95 Å². The maximum Gasteiger partial charge on any atom is 0.273 e. The number of hydrogen-bond donors (Lipinski definition) is 0. The van der Waals surface area contributed by atoms with Gasteiger partial charge in [0.2, 0.25) is 11.8 Å². The molecule has 1 amide bonds. The van der Waals surface area contributed by atoms with Crippen LogP contribution in [-0.2, 0) is 0 Å². The zero-order valence-corrected chi connectivity index (χ0v) is 11.3. The molecule has 0 bridgehead atoms. The number of amides is 1.